The van der Waals surface area contributed by atoms with Gasteiger partial charge in [0.15, 0.2) is 0 Å². The molecule has 3 N–H and O–H groups in total. The van der Waals surface area contributed by atoms with Crippen LogP contribution in [-0.2, 0) is 16.6 Å². The molecule has 0 unspecified atom stereocenters. The summed E-state index contributed by atoms with van der Waals surface area (Å²) in [5.74, 6) is 0. The van der Waals surface area contributed by atoms with Crippen molar-refractivity contribution in [3.8, 4) is 0 Å². The Balaban J connectivity index is 2.18. The number of rotatable bonds is 8. The van der Waals surface area contributed by atoms with Crippen LogP contribution in [0.4, 0.5) is 0 Å². The fourth-order valence-electron chi connectivity index (χ4n) is 2.21. The van der Waals surface area contributed by atoms with Gasteiger partial charge in [0, 0.05) is 18.6 Å². The highest BCUT2D eigenvalue weighted by molar-refractivity contribution is 7.89. The number of hydrogen-bond donors (Lipinski definition) is 3. The molecule has 20 heavy (non-hydrogen) atoms. The summed E-state index contributed by atoms with van der Waals surface area (Å²) in [6.07, 6.45) is 3.89. The Hall–Kier alpha value is -0.920. The highest BCUT2D eigenvalue weighted by Crippen LogP contribution is 2.22. The predicted molar refractivity (Wildman–Crippen MR) is 77.9 cm³/mol. The number of aromatic nitrogens is 2. The molecule has 7 heteroatoms. The Morgan fingerprint density at radius 3 is 2.55 bits per heavy atom. The van der Waals surface area contributed by atoms with E-state index in [1.54, 1.807) is 6.92 Å². The van der Waals surface area contributed by atoms with Gasteiger partial charge < -0.3 is 5.32 Å². The fraction of sp³-hybridized carbons (Fsp3) is 0.769. The molecule has 0 radical (unpaired) electrons. The van der Waals surface area contributed by atoms with Crippen LogP contribution in [-0.4, -0.2) is 30.7 Å². The standard InChI is InChI=1S/C13H24N4O2S/c1-4-10(5-2)17-20(18,19)13-9(3)15-16-12(13)8-14-11-6-7-11/h10-11,14,17H,4-8H2,1-3H3,(H,15,16). The van der Waals surface area contributed by atoms with Crippen molar-refractivity contribution in [1.82, 2.24) is 20.2 Å². The van der Waals surface area contributed by atoms with Crippen molar-refractivity contribution in [2.75, 3.05) is 0 Å². The molecule has 0 amide bonds. The summed E-state index contributed by atoms with van der Waals surface area (Å²) in [5, 5.41) is 10.2. The molecule has 1 saturated carbocycles. The summed E-state index contributed by atoms with van der Waals surface area (Å²) in [6, 6.07) is 0.494. The number of aryl methyl sites for hydroxylation is 1. The molecule has 114 valence electrons. The van der Waals surface area contributed by atoms with Crippen LogP contribution in [0.15, 0.2) is 4.90 Å². The molecule has 0 atom stereocenters. The van der Waals surface area contributed by atoms with Gasteiger partial charge in [0.25, 0.3) is 0 Å². The van der Waals surface area contributed by atoms with E-state index in [0.717, 1.165) is 25.7 Å². The number of nitrogens with one attached hydrogen (secondary N) is 3. The second-order valence-electron chi connectivity index (χ2n) is 5.41. The normalized spacial score (nSPS) is 16.0. The van der Waals surface area contributed by atoms with Gasteiger partial charge in [-0.3, -0.25) is 5.10 Å². The molecule has 6 nitrogen and oxygen atoms in total. The molecular weight excluding hydrogens is 276 g/mol. The molecular formula is C13H24N4O2S. The van der Waals surface area contributed by atoms with Crippen molar-refractivity contribution < 1.29 is 8.42 Å². The summed E-state index contributed by atoms with van der Waals surface area (Å²) in [5.41, 5.74) is 1.17. The SMILES string of the molecule is CCC(CC)NS(=O)(=O)c1c(CNC2CC2)n[nH]c1C. The van der Waals surface area contributed by atoms with Crippen LogP contribution >= 0.6 is 0 Å². The van der Waals surface area contributed by atoms with Crippen molar-refractivity contribution in [2.24, 2.45) is 0 Å². The van der Waals surface area contributed by atoms with E-state index in [1.807, 2.05) is 13.8 Å². The number of H-pyrrole nitrogens is 1. The number of sulfonamides is 1. The highest BCUT2D eigenvalue weighted by Gasteiger charge is 2.27. The minimum Gasteiger partial charge on any atom is -0.308 e. The summed E-state index contributed by atoms with van der Waals surface area (Å²) in [4.78, 5) is 0.303. The zero-order valence-corrected chi connectivity index (χ0v) is 13.2. The van der Waals surface area contributed by atoms with Gasteiger partial charge in [-0.1, -0.05) is 13.8 Å². The average molecular weight is 300 g/mol. The Kier molecular flexibility index (Phi) is 4.82. The van der Waals surface area contributed by atoms with Crippen molar-refractivity contribution in [3.05, 3.63) is 11.4 Å². The van der Waals surface area contributed by atoms with Crippen LogP contribution in [0.5, 0.6) is 0 Å². The Morgan fingerprint density at radius 1 is 1.35 bits per heavy atom. The van der Waals surface area contributed by atoms with E-state index in [2.05, 4.69) is 20.2 Å². The third-order valence-electron chi connectivity index (χ3n) is 3.67. The number of aromatic amines is 1. The zero-order chi connectivity index (χ0) is 14.8. The Labute approximate surface area is 120 Å². The quantitative estimate of drug-likeness (QED) is 0.678. The van der Waals surface area contributed by atoms with Crippen LogP contribution in [0, 0.1) is 6.92 Å². The highest BCUT2D eigenvalue weighted by atomic mass is 32.2. The molecule has 0 spiro atoms. The largest absolute Gasteiger partial charge is 0.308 e. The smallest absolute Gasteiger partial charge is 0.244 e. The van der Waals surface area contributed by atoms with Gasteiger partial charge in [0.05, 0.1) is 11.4 Å². The minimum atomic E-state index is -3.51. The summed E-state index contributed by atoms with van der Waals surface area (Å²) >= 11 is 0. The summed E-state index contributed by atoms with van der Waals surface area (Å²) < 4.78 is 27.8. The molecule has 1 heterocycles. The van der Waals surface area contributed by atoms with Crippen LogP contribution in [0.1, 0.15) is 50.9 Å². The van der Waals surface area contributed by atoms with Crippen LogP contribution in [0.2, 0.25) is 0 Å². The van der Waals surface area contributed by atoms with E-state index in [0.29, 0.717) is 28.9 Å². The average Bonchev–Trinajstić information content (AvgIpc) is 3.16. The maximum atomic E-state index is 12.5. The van der Waals surface area contributed by atoms with Crippen molar-refractivity contribution in [2.45, 2.75) is 70.0 Å². The molecule has 2 rings (SSSR count). The molecule has 1 aromatic heterocycles. The zero-order valence-electron chi connectivity index (χ0n) is 12.4. The first-order chi connectivity index (χ1) is 9.47. The van der Waals surface area contributed by atoms with E-state index >= 15 is 0 Å². The van der Waals surface area contributed by atoms with E-state index < -0.39 is 10.0 Å². The molecule has 0 saturated heterocycles. The lowest BCUT2D eigenvalue weighted by Gasteiger charge is -2.15. The maximum absolute atomic E-state index is 12.5. The maximum Gasteiger partial charge on any atom is 0.244 e. The van der Waals surface area contributed by atoms with Gasteiger partial charge in [-0.15, -0.1) is 0 Å². The predicted octanol–water partition coefficient (Wildman–Crippen LogP) is 1.44. The molecule has 1 aliphatic carbocycles. The molecule has 0 bridgehead atoms. The van der Waals surface area contributed by atoms with E-state index in [9.17, 15) is 8.42 Å². The number of nitrogens with zero attached hydrogens (tertiary/aromatic N) is 1. The van der Waals surface area contributed by atoms with Crippen LogP contribution < -0.4 is 10.0 Å². The lowest BCUT2D eigenvalue weighted by molar-refractivity contribution is 0.528. The Morgan fingerprint density at radius 2 is 2.00 bits per heavy atom. The van der Waals surface area contributed by atoms with E-state index in [1.165, 1.54) is 0 Å². The van der Waals surface area contributed by atoms with Gasteiger partial charge in [0.2, 0.25) is 10.0 Å². The van der Waals surface area contributed by atoms with E-state index in [-0.39, 0.29) is 6.04 Å². The van der Waals surface area contributed by atoms with Crippen molar-refractivity contribution in [3.63, 3.8) is 0 Å². The first-order valence-corrected chi connectivity index (χ1v) is 8.75. The first-order valence-electron chi connectivity index (χ1n) is 7.27. The third-order valence-corrected chi connectivity index (χ3v) is 5.40. The molecule has 0 aromatic carbocycles. The second-order valence-corrected chi connectivity index (χ2v) is 7.07. The number of hydrogen-bond acceptors (Lipinski definition) is 4. The third kappa shape index (κ3) is 3.59. The van der Waals surface area contributed by atoms with Gasteiger partial charge in [0.1, 0.15) is 4.90 Å². The lowest BCUT2D eigenvalue weighted by Crippen LogP contribution is -2.34. The Bertz CT molecular complexity index is 545. The fourth-order valence-corrected chi connectivity index (χ4v) is 3.97. The second kappa shape index (κ2) is 6.24. The summed E-state index contributed by atoms with van der Waals surface area (Å²) in [6.45, 7) is 6.20. The first kappa shape index (κ1) is 15.5. The van der Waals surface area contributed by atoms with Crippen molar-refractivity contribution in [1.29, 1.82) is 0 Å². The monoisotopic (exact) mass is 300 g/mol. The topological polar surface area (TPSA) is 86.9 Å². The van der Waals surface area contributed by atoms with Gasteiger partial charge in [-0.2, -0.15) is 5.10 Å². The van der Waals surface area contributed by atoms with Gasteiger partial charge >= 0.3 is 0 Å². The van der Waals surface area contributed by atoms with Crippen LogP contribution in [0.3, 0.4) is 0 Å². The van der Waals surface area contributed by atoms with Gasteiger partial charge in [-0.25, -0.2) is 13.1 Å². The van der Waals surface area contributed by atoms with Crippen LogP contribution in [0.25, 0.3) is 0 Å². The molecule has 1 aliphatic rings. The molecule has 1 aromatic rings. The summed E-state index contributed by atoms with van der Waals surface area (Å²) in [7, 11) is -3.51. The van der Waals surface area contributed by atoms with Gasteiger partial charge in [-0.05, 0) is 32.6 Å². The molecule has 1 fully saturated rings. The molecule has 0 aliphatic heterocycles. The minimum absolute atomic E-state index is 0.0291. The lowest BCUT2D eigenvalue weighted by atomic mass is 10.2. The van der Waals surface area contributed by atoms with E-state index in [4.69, 9.17) is 0 Å². The van der Waals surface area contributed by atoms with Crippen molar-refractivity contribution >= 4 is 10.0 Å².